The van der Waals surface area contributed by atoms with Crippen molar-refractivity contribution in [2.24, 2.45) is 0 Å². The van der Waals surface area contributed by atoms with Gasteiger partial charge in [0, 0.05) is 48.7 Å². The molecule has 0 aliphatic rings. The number of methoxy groups -OCH3 is 1. The SMILES string of the molecule is COCCn1ccc2cc(-c3ncccn3)ccc21. The van der Waals surface area contributed by atoms with Gasteiger partial charge in [-0.2, -0.15) is 0 Å². The van der Waals surface area contributed by atoms with Crippen LogP contribution in [-0.4, -0.2) is 28.3 Å². The van der Waals surface area contributed by atoms with E-state index in [1.165, 1.54) is 10.9 Å². The summed E-state index contributed by atoms with van der Waals surface area (Å²) < 4.78 is 7.31. The third-order valence-electron chi connectivity index (χ3n) is 3.13. The molecule has 2 aromatic heterocycles. The molecule has 0 N–H and O–H groups in total. The molecule has 0 unspecified atom stereocenters. The maximum atomic E-state index is 5.12. The predicted molar refractivity (Wildman–Crippen MR) is 74.8 cm³/mol. The van der Waals surface area contributed by atoms with Crippen LogP contribution in [0.2, 0.25) is 0 Å². The van der Waals surface area contributed by atoms with Crippen LogP contribution >= 0.6 is 0 Å². The van der Waals surface area contributed by atoms with Crippen LogP contribution in [0.1, 0.15) is 0 Å². The van der Waals surface area contributed by atoms with Crippen LogP contribution in [0.4, 0.5) is 0 Å². The van der Waals surface area contributed by atoms with Crippen molar-refractivity contribution in [1.29, 1.82) is 0 Å². The molecule has 0 saturated carbocycles. The number of aromatic nitrogens is 3. The smallest absolute Gasteiger partial charge is 0.159 e. The minimum atomic E-state index is 0.716. The second-order valence-electron chi connectivity index (χ2n) is 4.35. The first kappa shape index (κ1) is 11.9. The average Bonchev–Trinajstić information content (AvgIpc) is 2.88. The summed E-state index contributed by atoms with van der Waals surface area (Å²) in [4.78, 5) is 8.55. The van der Waals surface area contributed by atoms with Crippen molar-refractivity contribution in [3.8, 4) is 11.4 Å². The van der Waals surface area contributed by atoms with Crippen molar-refractivity contribution in [2.45, 2.75) is 6.54 Å². The zero-order valence-electron chi connectivity index (χ0n) is 10.8. The Hall–Kier alpha value is -2.20. The summed E-state index contributed by atoms with van der Waals surface area (Å²) in [6, 6.07) is 10.2. The molecule has 0 atom stereocenters. The van der Waals surface area contributed by atoms with E-state index in [2.05, 4.69) is 45.0 Å². The topological polar surface area (TPSA) is 39.9 Å². The lowest BCUT2D eigenvalue weighted by Crippen LogP contribution is -2.02. The van der Waals surface area contributed by atoms with Gasteiger partial charge >= 0.3 is 0 Å². The Morgan fingerprint density at radius 2 is 2.00 bits per heavy atom. The monoisotopic (exact) mass is 253 g/mol. The molecule has 96 valence electrons. The molecule has 4 heteroatoms. The Labute approximate surface area is 111 Å². The molecule has 3 rings (SSSR count). The summed E-state index contributed by atoms with van der Waals surface area (Å²) in [5, 5.41) is 1.20. The van der Waals surface area contributed by atoms with Crippen molar-refractivity contribution >= 4 is 10.9 Å². The van der Waals surface area contributed by atoms with E-state index in [9.17, 15) is 0 Å². The third kappa shape index (κ3) is 2.35. The Balaban J connectivity index is 1.99. The van der Waals surface area contributed by atoms with E-state index in [0.717, 1.165) is 17.9 Å². The lowest BCUT2D eigenvalue weighted by atomic mass is 10.1. The molecule has 0 bridgehead atoms. The number of hydrogen-bond donors (Lipinski definition) is 0. The zero-order valence-corrected chi connectivity index (χ0v) is 10.8. The van der Waals surface area contributed by atoms with Gasteiger partial charge in [0.1, 0.15) is 0 Å². The molecule has 0 aliphatic heterocycles. The Bertz CT molecular complexity index is 676. The van der Waals surface area contributed by atoms with Crippen molar-refractivity contribution < 1.29 is 4.74 Å². The van der Waals surface area contributed by atoms with Crippen LogP contribution in [0.5, 0.6) is 0 Å². The van der Waals surface area contributed by atoms with E-state index in [1.807, 2.05) is 6.07 Å². The molecule has 0 saturated heterocycles. The lowest BCUT2D eigenvalue weighted by Gasteiger charge is -2.05. The third-order valence-corrected chi connectivity index (χ3v) is 3.13. The van der Waals surface area contributed by atoms with Crippen LogP contribution in [0.15, 0.2) is 48.9 Å². The molecule has 4 nitrogen and oxygen atoms in total. The molecule has 0 amide bonds. The molecule has 1 aromatic carbocycles. The summed E-state index contributed by atoms with van der Waals surface area (Å²) in [5.41, 5.74) is 2.24. The fourth-order valence-electron chi connectivity index (χ4n) is 2.17. The Kier molecular flexibility index (Phi) is 3.25. The van der Waals surface area contributed by atoms with E-state index in [1.54, 1.807) is 19.5 Å². The fourth-order valence-corrected chi connectivity index (χ4v) is 2.17. The van der Waals surface area contributed by atoms with Gasteiger partial charge in [-0.1, -0.05) is 0 Å². The van der Waals surface area contributed by atoms with Crippen LogP contribution in [0, 0.1) is 0 Å². The summed E-state index contributed by atoms with van der Waals surface area (Å²) in [6.45, 7) is 1.58. The van der Waals surface area contributed by atoms with Crippen molar-refractivity contribution in [3.05, 3.63) is 48.9 Å². The molecule has 0 radical (unpaired) electrons. The Morgan fingerprint density at radius 3 is 2.79 bits per heavy atom. The van der Waals surface area contributed by atoms with Crippen LogP contribution in [0.25, 0.3) is 22.3 Å². The van der Waals surface area contributed by atoms with Gasteiger partial charge in [0.05, 0.1) is 6.61 Å². The highest BCUT2D eigenvalue weighted by molar-refractivity contribution is 5.84. The van der Waals surface area contributed by atoms with E-state index >= 15 is 0 Å². The second-order valence-corrected chi connectivity index (χ2v) is 4.35. The number of hydrogen-bond acceptors (Lipinski definition) is 3. The summed E-state index contributed by atoms with van der Waals surface area (Å²) >= 11 is 0. The number of rotatable bonds is 4. The van der Waals surface area contributed by atoms with Crippen molar-refractivity contribution in [1.82, 2.24) is 14.5 Å². The number of fused-ring (bicyclic) bond motifs is 1. The van der Waals surface area contributed by atoms with Gasteiger partial charge in [-0.3, -0.25) is 0 Å². The molecular weight excluding hydrogens is 238 g/mol. The summed E-state index contributed by atoms with van der Waals surface area (Å²) in [5.74, 6) is 0.758. The highest BCUT2D eigenvalue weighted by atomic mass is 16.5. The molecule has 0 aliphatic carbocycles. The molecular formula is C15H15N3O. The first-order valence-corrected chi connectivity index (χ1v) is 6.24. The minimum Gasteiger partial charge on any atom is -0.383 e. The van der Waals surface area contributed by atoms with Gasteiger partial charge < -0.3 is 9.30 Å². The van der Waals surface area contributed by atoms with E-state index in [-0.39, 0.29) is 0 Å². The normalized spacial score (nSPS) is 11.0. The number of ether oxygens (including phenoxy) is 1. The predicted octanol–water partition coefficient (Wildman–Crippen LogP) is 2.74. The molecule has 0 spiro atoms. The van der Waals surface area contributed by atoms with Gasteiger partial charge in [0.15, 0.2) is 5.82 Å². The maximum absolute atomic E-state index is 5.12. The van der Waals surface area contributed by atoms with Gasteiger partial charge in [-0.25, -0.2) is 9.97 Å². The van der Waals surface area contributed by atoms with E-state index < -0.39 is 0 Å². The highest BCUT2D eigenvalue weighted by Crippen LogP contribution is 2.22. The maximum Gasteiger partial charge on any atom is 0.159 e. The highest BCUT2D eigenvalue weighted by Gasteiger charge is 2.04. The van der Waals surface area contributed by atoms with E-state index in [0.29, 0.717) is 6.61 Å². The fraction of sp³-hybridized carbons (Fsp3) is 0.200. The van der Waals surface area contributed by atoms with Gasteiger partial charge in [0.2, 0.25) is 0 Å². The Morgan fingerprint density at radius 1 is 1.16 bits per heavy atom. The lowest BCUT2D eigenvalue weighted by molar-refractivity contribution is 0.188. The van der Waals surface area contributed by atoms with Crippen LogP contribution in [-0.2, 0) is 11.3 Å². The minimum absolute atomic E-state index is 0.716. The molecule has 19 heavy (non-hydrogen) atoms. The standard InChI is InChI=1S/C15H15N3O/c1-19-10-9-18-8-5-12-11-13(3-4-14(12)18)15-16-6-2-7-17-15/h2-8,11H,9-10H2,1H3. The van der Waals surface area contributed by atoms with Gasteiger partial charge in [-0.15, -0.1) is 0 Å². The summed E-state index contributed by atoms with van der Waals surface area (Å²) in [6.07, 6.45) is 5.60. The van der Waals surface area contributed by atoms with Gasteiger partial charge in [0.25, 0.3) is 0 Å². The molecule has 3 aromatic rings. The first-order chi connectivity index (χ1) is 9.38. The van der Waals surface area contributed by atoms with Crippen LogP contribution < -0.4 is 0 Å². The average molecular weight is 253 g/mol. The van der Waals surface area contributed by atoms with Crippen molar-refractivity contribution in [3.63, 3.8) is 0 Å². The number of nitrogens with zero attached hydrogens (tertiary/aromatic N) is 3. The molecule has 2 heterocycles. The molecule has 0 fully saturated rings. The quantitative estimate of drug-likeness (QED) is 0.717. The van der Waals surface area contributed by atoms with Gasteiger partial charge in [-0.05, 0) is 30.3 Å². The zero-order chi connectivity index (χ0) is 13.1. The van der Waals surface area contributed by atoms with Crippen molar-refractivity contribution in [2.75, 3.05) is 13.7 Å². The van der Waals surface area contributed by atoms with Crippen LogP contribution in [0.3, 0.4) is 0 Å². The summed E-state index contributed by atoms with van der Waals surface area (Å²) in [7, 11) is 1.72. The second kappa shape index (κ2) is 5.20. The number of benzene rings is 1. The largest absolute Gasteiger partial charge is 0.383 e. The first-order valence-electron chi connectivity index (χ1n) is 6.24. The van der Waals surface area contributed by atoms with E-state index in [4.69, 9.17) is 4.74 Å².